The van der Waals surface area contributed by atoms with Gasteiger partial charge in [-0.15, -0.1) is 0 Å². The highest BCUT2D eigenvalue weighted by Crippen LogP contribution is 2.29. The molecule has 1 N–H and O–H groups in total. The molecule has 0 saturated carbocycles. The van der Waals surface area contributed by atoms with Crippen molar-refractivity contribution in [2.75, 3.05) is 32.8 Å². The van der Waals surface area contributed by atoms with E-state index in [-0.39, 0.29) is 19.1 Å². The summed E-state index contributed by atoms with van der Waals surface area (Å²) in [4.78, 5) is 39.8. The molecule has 1 aromatic carbocycles. The Hall–Kier alpha value is -2.41. The van der Waals surface area contributed by atoms with E-state index in [0.29, 0.717) is 12.8 Å². The van der Waals surface area contributed by atoms with Crippen LogP contribution in [-0.2, 0) is 20.7 Å². The molecule has 7 nitrogen and oxygen atoms in total. The van der Waals surface area contributed by atoms with Crippen molar-refractivity contribution in [3.8, 4) is 0 Å². The number of likely N-dealkylation sites (tertiary alicyclic amines) is 1. The van der Waals surface area contributed by atoms with Gasteiger partial charge in [-0.05, 0) is 31.7 Å². The number of amides is 3. The van der Waals surface area contributed by atoms with Gasteiger partial charge in [-0.3, -0.25) is 14.5 Å². The Morgan fingerprint density at radius 2 is 1.88 bits per heavy atom. The smallest absolute Gasteiger partial charge is 0.326 e. The first-order valence-corrected chi connectivity index (χ1v) is 9.10. The fourth-order valence-electron chi connectivity index (χ4n) is 3.58. The van der Waals surface area contributed by atoms with Crippen LogP contribution in [0.25, 0.3) is 0 Å². The second kappa shape index (κ2) is 7.86. The number of rotatable bonds is 6. The molecule has 0 unspecified atom stereocenters. The fourth-order valence-corrected chi connectivity index (χ4v) is 3.58. The monoisotopic (exact) mass is 359 g/mol. The molecule has 0 aliphatic carbocycles. The van der Waals surface area contributed by atoms with Gasteiger partial charge in [0, 0.05) is 19.6 Å². The molecule has 2 saturated heterocycles. The minimum Gasteiger partial charge on any atom is -0.465 e. The highest BCUT2D eigenvalue weighted by atomic mass is 16.5. The van der Waals surface area contributed by atoms with E-state index in [9.17, 15) is 14.4 Å². The van der Waals surface area contributed by atoms with Gasteiger partial charge in [-0.2, -0.15) is 0 Å². The van der Waals surface area contributed by atoms with Gasteiger partial charge in [0.2, 0.25) is 0 Å². The molecule has 7 heteroatoms. The van der Waals surface area contributed by atoms with Crippen LogP contribution >= 0.6 is 0 Å². The van der Waals surface area contributed by atoms with E-state index in [2.05, 4.69) is 22.3 Å². The molecule has 3 rings (SSSR count). The standard InChI is InChI=1S/C19H25N3O4/c1-2-26-16(23)14-22-17(24)19(20-18(22)25)9-12-21(13-10-19)11-8-15-6-4-3-5-7-15/h3-7H,2,8-14H2,1H3,(H,20,25). The number of nitrogens with one attached hydrogen (secondary N) is 1. The summed E-state index contributed by atoms with van der Waals surface area (Å²) >= 11 is 0. The van der Waals surface area contributed by atoms with E-state index in [1.54, 1.807) is 6.92 Å². The zero-order valence-electron chi connectivity index (χ0n) is 15.1. The molecule has 2 heterocycles. The zero-order valence-corrected chi connectivity index (χ0v) is 15.1. The highest BCUT2D eigenvalue weighted by molar-refractivity contribution is 6.08. The number of piperidine rings is 1. The number of urea groups is 1. The third kappa shape index (κ3) is 3.88. The summed E-state index contributed by atoms with van der Waals surface area (Å²) in [5.74, 6) is -0.869. The van der Waals surface area contributed by atoms with E-state index in [0.717, 1.165) is 31.0 Å². The molecular weight excluding hydrogens is 334 g/mol. The Bertz CT molecular complexity index is 669. The SMILES string of the molecule is CCOC(=O)CN1C(=O)NC2(CCN(CCc3ccccc3)CC2)C1=O. The summed E-state index contributed by atoms with van der Waals surface area (Å²) in [6.07, 6.45) is 2.08. The number of benzene rings is 1. The number of hydrogen-bond acceptors (Lipinski definition) is 5. The predicted octanol–water partition coefficient (Wildman–Crippen LogP) is 1.18. The van der Waals surface area contributed by atoms with Gasteiger partial charge in [0.1, 0.15) is 12.1 Å². The summed E-state index contributed by atoms with van der Waals surface area (Å²) in [5, 5.41) is 2.81. The number of esters is 1. The highest BCUT2D eigenvalue weighted by Gasteiger charge is 2.52. The number of carbonyl (C=O) groups is 3. The van der Waals surface area contributed by atoms with E-state index in [1.165, 1.54) is 5.56 Å². The Morgan fingerprint density at radius 1 is 1.19 bits per heavy atom. The van der Waals surface area contributed by atoms with Gasteiger partial charge in [-0.1, -0.05) is 30.3 Å². The van der Waals surface area contributed by atoms with Crippen LogP contribution in [0.15, 0.2) is 30.3 Å². The molecule has 1 spiro atoms. The lowest BCUT2D eigenvalue weighted by Gasteiger charge is -2.37. The average Bonchev–Trinajstić information content (AvgIpc) is 2.87. The molecule has 0 aromatic heterocycles. The van der Waals surface area contributed by atoms with Gasteiger partial charge < -0.3 is 15.0 Å². The number of hydrogen-bond donors (Lipinski definition) is 1. The second-order valence-electron chi connectivity index (χ2n) is 6.79. The lowest BCUT2D eigenvalue weighted by molar-refractivity contribution is -0.147. The Morgan fingerprint density at radius 3 is 2.54 bits per heavy atom. The van der Waals surface area contributed by atoms with Gasteiger partial charge >= 0.3 is 12.0 Å². The third-order valence-corrected chi connectivity index (χ3v) is 5.11. The number of carbonyl (C=O) groups excluding carboxylic acids is 3. The summed E-state index contributed by atoms with van der Waals surface area (Å²) < 4.78 is 4.85. The van der Waals surface area contributed by atoms with Crippen molar-refractivity contribution in [3.63, 3.8) is 0 Å². The van der Waals surface area contributed by atoms with Gasteiger partial charge in [0.05, 0.1) is 6.61 Å². The van der Waals surface area contributed by atoms with Crippen LogP contribution in [0, 0.1) is 0 Å². The molecule has 1 aromatic rings. The Kier molecular flexibility index (Phi) is 5.56. The summed E-state index contributed by atoms with van der Waals surface area (Å²) in [6, 6.07) is 9.79. The molecule has 2 fully saturated rings. The summed E-state index contributed by atoms with van der Waals surface area (Å²) in [6.45, 7) is 4.01. The maximum atomic E-state index is 12.7. The molecular formula is C19H25N3O4. The summed E-state index contributed by atoms with van der Waals surface area (Å²) in [7, 11) is 0. The maximum Gasteiger partial charge on any atom is 0.326 e. The Balaban J connectivity index is 1.53. The third-order valence-electron chi connectivity index (χ3n) is 5.11. The maximum absolute atomic E-state index is 12.7. The van der Waals surface area contributed by atoms with Crippen LogP contribution in [-0.4, -0.2) is 66.0 Å². The zero-order chi connectivity index (χ0) is 18.6. The largest absolute Gasteiger partial charge is 0.465 e. The fraction of sp³-hybridized carbons (Fsp3) is 0.526. The van der Waals surface area contributed by atoms with Crippen LogP contribution in [0.5, 0.6) is 0 Å². The Labute approximate surface area is 153 Å². The van der Waals surface area contributed by atoms with Gasteiger partial charge in [0.15, 0.2) is 0 Å². The molecule has 26 heavy (non-hydrogen) atoms. The van der Waals surface area contributed by atoms with Crippen molar-refractivity contribution < 1.29 is 19.1 Å². The van der Waals surface area contributed by atoms with Gasteiger partial charge in [-0.25, -0.2) is 4.79 Å². The topological polar surface area (TPSA) is 79.0 Å². The molecule has 0 radical (unpaired) electrons. The number of nitrogens with zero attached hydrogens (tertiary/aromatic N) is 2. The molecule has 2 aliphatic heterocycles. The van der Waals surface area contributed by atoms with E-state index >= 15 is 0 Å². The van der Waals surface area contributed by atoms with Crippen LogP contribution in [0.3, 0.4) is 0 Å². The predicted molar refractivity (Wildman–Crippen MR) is 95.4 cm³/mol. The van der Waals surface area contributed by atoms with Crippen molar-refractivity contribution in [1.82, 2.24) is 15.1 Å². The van der Waals surface area contributed by atoms with Crippen molar-refractivity contribution in [1.29, 1.82) is 0 Å². The molecule has 2 aliphatic rings. The van der Waals surface area contributed by atoms with Crippen LogP contribution in [0.2, 0.25) is 0 Å². The van der Waals surface area contributed by atoms with Crippen LogP contribution in [0.1, 0.15) is 25.3 Å². The van der Waals surface area contributed by atoms with E-state index in [4.69, 9.17) is 4.74 Å². The minimum absolute atomic E-state index is 0.226. The second-order valence-corrected chi connectivity index (χ2v) is 6.79. The quantitative estimate of drug-likeness (QED) is 0.609. The first-order valence-electron chi connectivity index (χ1n) is 9.10. The van der Waals surface area contributed by atoms with Crippen molar-refractivity contribution in [2.24, 2.45) is 0 Å². The normalized spacial score (nSPS) is 19.7. The first kappa shape index (κ1) is 18.4. The van der Waals surface area contributed by atoms with Crippen LogP contribution < -0.4 is 5.32 Å². The molecule has 3 amide bonds. The average molecular weight is 359 g/mol. The molecule has 140 valence electrons. The van der Waals surface area contributed by atoms with Crippen molar-refractivity contribution in [3.05, 3.63) is 35.9 Å². The lowest BCUT2D eigenvalue weighted by Crippen LogP contribution is -2.55. The number of imide groups is 1. The molecule has 0 bridgehead atoms. The first-order chi connectivity index (χ1) is 12.5. The van der Waals surface area contributed by atoms with E-state index in [1.807, 2.05) is 18.2 Å². The van der Waals surface area contributed by atoms with Crippen molar-refractivity contribution in [2.45, 2.75) is 31.7 Å². The molecule has 0 atom stereocenters. The number of ether oxygens (including phenoxy) is 1. The minimum atomic E-state index is -0.868. The van der Waals surface area contributed by atoms with Gasteiger partial charge in [0.25, 0.3) is 5.91 Å². The summed E-state index contributed by atoms with van der Waals surface area (Å²) in [5.41, 5.74) is 0.422. The van der Waals surface area contributed by atoms with Crippen molar-refractivity contribution >= 4 is 17.9 Å². The lowest BCUT2D eigenvalue weighted by atomic mass is 9.87. The van der Waals surface area contributed by atoms with E-state index < -0.39 is 17.5 Å². The van der Waals surface area contributed by atoms with Crippen LogP contribution in [0.4, 0.5) is 4.79 Å².